The summed E-state index contributed by atoms with van der Waals surface area (Å²) >= 11 is 0. The Morgan fingerprint density at radius 1 is 1.12 bits per heavy atom. The number of para-hydroxylation sites is 2. The van der Waals surface area contributed by atoms with E-state index in [-0.39, 0.29) is 11.6 Å². The number of imidazole rings is 1. The van der Waals surface area contributed by atoms with Crippen molar-refractivity contribution >= 4 is 22.8 Å². The van der Waals surface area contributed by atoms with Crippen molar-refractivity contribution in [3.63, 3.8) is 0 Å². The summed E-state index contributed by atoms with van der Waals surface area (Å²) in [6, 6.07) is 6.89. The first-order valence-electron chi connectivity index (χ1n) is 7.86. The number of nitrogens with two attached hydrogens (primary N) is 1. The Hall–Kier alpha value is -2.81. The number of ether oxygens (including phenoxy) is 1. The number of hydrogen-bond acceptors (Lipinski definition) is 6. The topological polar surface area (TPSA) is 82.1 Å². The highest BCUT2D eigenvalue weighted by atomic mass is 19.3. The standard InChI is InChI=1S/C16H16F2N6O/c17-13(18)15-21-10-3-1-2-4-11(10)24(15)12-9-20-16(22-14(12)19)23-5-7-25-8-6-23/h1-4,9,13H,5-8H2,(H2,19,20,22). The maximum atomic E-state index is 13.5. The third-order valence-corrected chi connectivity index (χ3v) is 4.10. The molecule has 2 N–H and O–H groups in total. The van der Waals surface area contributed by atoms with Crippen LogP contribution >= 0.6 is 0 Å². The van der Waals surface area contributed by atoms with E-state index < -0.39 is 6.43 Å². The fourth-order valence-electron chi connectivity index (χ4n) is 2.91. The molecule has 3 heterocycles. The van der Waals surface area contributed by atoms with Crippen molar-refractivity contribution in [1.82, 2.24) is 19.5 Å². The van der Waals surface area contributed by atoms with E-state index in [1.54, 1.807) is 24.3 Å². The van der Waals surface area contributed by atoms with Crippen LogP contribution in [0, 0.1) is 0 Å². The number of halogens is 2. The first kappa shape index (κ1) is 15.7. The van der Waals surface area contributed by atoms with E-state index in [2.05, 4.69) is 15.0 Å². The molecule has 0 spiro atoms. The molecule has 1 aromatic carbocycles. The average Bonchev–Trinajstić information content (AvgIpc) is 3.02. The van der Waals surface area contributed by atoms with Gasteiger partial charge in [0.05, 0.1) is 30.4 Å². The minimum absolute atomic E-state index is 0.126. The molecule has 0 aliphatic carbocycles. The number of benzene rings is 1. The smallest absolute Gasteiger partial charge is 0.295 e. The predicted molar refractivity (Wildman–Crippen MR) is 89.1 cm³/mol. The van der Waals surface area contributed by atoms with Crippen LogP contribution in [0.2, 0.25) is 0 Å². The first-order valence-corrected chi connectivity index (χ1v) is 7.86. The average molecular weight is 346 g/mol. The quantitative estimate of drug-likeness (QED) is 0.783. The number of rotatable bonds is 3. The van der Waals surface area contributed by atoms with Crippen molar-refractivity contribution in [2.24, 2.45) is 0 Å². The van der Waals surface area contributed by atoms with Gasteiger partial charge in [-0.3, -0.25) is 4.57 Å². The van der Waals surface area contributed by atoms with E-state index in [0.29, 0.717) is 49.0 Å². The van der Waals surface area contributed by atoms with Crippen molar-refractivity contribution in [3.8, 4) is 5.69 Å². The molecule has 9 heteroatoms. The Balaban J connectivity index is 1.82. The molecule has 2 aromatic heterocycles. The van der Waals surface area contributed by atoms with Crippen molar-refractivity contribution in [2.45, 2.75) is 6.43 Å². The molecule has 3 aromatic rings. The lowest BCUT2D eigenvalue weighted by atomic mass is 10.3. The van der Waals surface area contributed by atoms with Gasteiger partial charge in [-0.25, -0.2) is 18.7 Å². The van der Waals surface area contributed by atoms with Crippen LogP contribution in [0.5, 0.6) is 0 Å². The van der Waals surface area contributed by atoms with Gasteiger partial charge in [-0.15, -0.1) is 0 Å². The first-order chi connectivity index (χ1) is 12.1. The number of nitrogens with zero attached hydrogens (tertiary/aromatic N) is 5. The van der Waals surface area contributed by atoms with Gasteiger partial charge in [0.15, 0.2) is 11.6 Å². The van der Waals surface area contributed by atoms with Gasteiger partial charge in [-0.1, -0.05) is 12.1 Å². The highest BCUT2D eigenvalue weighted by Crippen LogP contribution is 2.30. The van der Waals surface area contributed by atoms with Crippen molar-refractivity contribution in [3.05, 3.63) is 36.3 Å². The van der Waals surface area contributed by atoms with Crippen LogP contribution in [0.3, 0.4) is 0 Å². The molecule has 25 heavy (non-hydrogen) atoms. The zero-order chi connectivity index (χ0) is 17.4. The lowest BCUT2D eigenvalue weighted by molar-refractivity contribution is 0.122. The zero-order valence-corrected chi connectivity index (χ0v) is 13.3. The highest BCUT2D eigenvalue weighted by molar-refractivity contribution is 5.79. The van der Waals surface area contributed by atoms with E-state index in [4.69, 9.17) is 10.5 Å². The summed E-state index contributed by atoms with van der Waals surface area (Å²) in [5.41, 5.74) is 7.37. The van der Waals surface area contributed by atoms with E-state index in [9.17, 15) is 8.78 Å². The van der Waals surface area contributed by atoms with E-state index >= 15 is 0 Å². The molecule has 1 fully saturated rings. The van der Waals surface area contributed by atoms with E-state index in [0.717, 1.165) is 0 Å². The molecular formula is C16H16F2N6O. The molecule has 1 aliphatic heterocycles. The predicted octanol–water partition coefficient (Wildman–Crippen LogP) is 2.17. The van der Waals surface area contributed by atoms with E-state index in [1.165, 1.54) is 10.8 Å². The van der Waals surface area contributed by atoms with Crippen LogP contribution in [0.1, 0.15) is 12.2 Å². The molecule has 0 saturated carbocycles. The molecular weight excluding hydrogens is 330 g/mol. The number of alkyl halides is 2. The monoisotopic (exact) mass is 346 g/mol. The van der Waals surface area contributed by atoms with Crippen LogP contribution in [0.4, 0.5) is 20.5 Å². The molecule has 0 bridgehead atoms. The van der Waals surface area contributed by atoms with Crippen LogP contribution in [-0.2, 0) is 4.74 Å². The van der Waals surface area contributed by atoms with Gasteiger partial charge in [-0.2, -0.15) is 4.98 Å². The summed E-state index contributed by atoms with van der Waals surface area (Å²) in [5.74, 6) is 0.213. The van der Waals surface area contributed by atoms with Crippen LogP contribution in [0.15, 0.2) is 30.5 Å². The summed E-state index contributed by atoms with van der Waals surface area (Å²) < 4.78 is 33.6. The lowest BCUT2D eigenvalue weighted by Gasteiger charge is -2.27. The second-order valence-corrected chi connectivity index (χ2v) is 5.63. The van der Waals surface area contributed by atoms with Crippen LogP contribution in [-0.4, -0.2) is 45.8 Å². The molecule has 0 atom stereocenters. The summed E-state index contributed by atoms with van der Waals surface area (Å²) in [7, 11) is 0. The second kappa shape index (κ2) is 6.25. The van der Waals surface area contributed by atoms with Gasteiger partial charge in [0, 0.05) is 13.1 Å². The molecule has 130 valence electrons. The van der Waals surface area contributed by atoms with E-state index in [1.807, 2.05) is 4.90 Å². The summed E-state index contributed by atoms with van der Waals surface area (Å²) in [6.07, 6.45) is -1.28. The molecule has 0 radical (unpaired) electrons. The van der Waals surface area contributed by atoms with Gasteiger partial charge < -0.3 is 15.4 Å². The maximum Gasteiger partial charge on any atom is 0.295 e. The van der Waals surface area contributed by atoms with Crippen molar-refractivity contribution in [2.75, 3.05) is 36.9 Å². The van der Waals surface area contributed by atoms with Crippen molar-refractivity contribution < 1.29 is 13.5 Å². The molecule has 1 aliphatic rings. The maximum absolute atomic E-state index is 13.5. The molecule has 4 rings (SSSR count). The summed E-state index contributed by atoms with van der Waals surface area (Å²) in [5, 5.41) is 0. The minimum atomic E-state index is -2.74. The number of anilines is 2. The van der Waals surface area contributed by atoms with Gasteiger partial charge in [0.25, 0.3) is 6.43 Å². The van der Waals surface area contributed by atoms with Crippen LogP contribution in [0.25, 0.3) is 16.7 Å². The van der Waals surface area contributed by atoms with Gasteiger partial charge in [0.1, 0.15) is 5.69 Å². The highest BCUT2D eigenvalue weighted by Gasteiger charge is 2.23. The Morgan fingerprint density at radius 2 is 1.88 bits per heavy atom. The molecule has 7 nitrogen and oxygen atoms in total. The summed E-state index contributed by atoms with van der Waals surface area (Å²) in [6.45, 7) is 2.50. The molecule has 0 unspecified atom stereocenters. The third kappa shape index (κ3) is 2.76. The van der Waals surface area contributed by atoms with Gasteiger partial charge in [-0.05, 0) is 12.1 Å². The van der Waals surface area contributed by atoms with Crippen LogP contribution < -0.4 is 10.6 Å². The van der Waals surface area contributed by atoms with Gasteiger partial charge in [0.2, 0.25) is 5.95 Å². The minimum Gasteiger partial charge on any atom is -0.382 e. The Morgan fingerprint density at radius 3 is 2.60 bits per heavy atom. The van der Waals surface area contributed by atoms with Gasteiger partial charge >= 0.3 is 0 Å². The normalized spacial score (nSPS) is 15.2. The lowest BCUT2D eigenvalue weighted by Crippen LogP contribution is -2.37. The Bertz CT molecular complexity index is 907. The zero-order valence-electron chi connectivity index (χ0n) is 13.3. The Labute approximate surface area is 142 Å². The summed E-state index contributed by atoms with van der Waals surface area (Å²) in [4.78, 5) is 14.6. The SMILES string of the molecule is Nc1nc(N2CCOCC2)ncc1-n1c(C(F)F)nc2ccccc21. The molecule has 1 saturated heterocycles. The van der Waals surface area contributed by atoms with Crippen molar-refractivity contribution in [1.29, 1.82) is 0 Å². The number of hydrogen-bond donors (Lipinski definition) is 1. The number of fused-ring (bicyclic) bond motifs is 1. The number of morpholine rings is 1. The molecule has 0 amide bonds. The number of aromatic nitrogens is 4. The fourth-order valence-corrected chi connectivity index (χ4v) is 2.91. The largest absolute Gasteiger partial charge is 0.382 e. The Kier molecular flexibility index (Phi) is 3.92. The second-order valence-electron chi connectivity index (χ2n) is 5.63. The number of nitrogen functional groups attached to an aromatic ring is 1. The third-order valence-electron chi connectivity index (χ3n) is 4.10. The fraction of sp³-hybridized carbons (Fsp3) is 0.312.